The van der Waals surface area contributed by atoms with E-state index in [9.17, 15) is 13.2 Å². The van der Waals surface area contributed by atoms with Crippen LogP contribution < -0.4 is 4.90 Å². The lowest BCUT2D eigenvalue weighted by atomic mass is 10.1. The highest BCUT2D eigenvalue weighted by Gasteiger charge is 2.28. The van der Waals surface area contributed by atoms with Crippen LogP contribution in [0.2, 0.25) is 0 Å². The van der Waals surface area contributed by atoms with E-state index in [0.29, 0.717) is 13.2 Å². The molecule has 2 aromatic carbocycles. The Morgan fingerprint density at radius 1 is 1.11 bits per heavy atom. The molecule has 0 atom stereocenters. The summed E-state index contributed by atoms with van der Waals surface area (Å²) >= 11 is 0. The molecule has 0 bridgehead atoms. The predicted molar refractivity (Wildman–Crippen MR) is 148 cm³/mol. The van der Waals surface area contributed by atoms with Crippen molar-refractivity contribution in [2.45, 2.75) is 44.6 Å². The minimum Gasteiger partial charge on any atom is -0.383 e. The Hall–Kier alpha value is -2.88. The normalized spacial score (nSPS) is 14.3. The monoisotopic (exact) mass is 526 g/mol. The van der Waals surface area contributed by atoms with Crippen molar-refractivity contribution in [2.24, 2.45) is 0 Å². The number of benzene rings is 2. The summed E-state index contributed by atoms with van der Waals surface area (Å²) in [5.74, 6) is -0.252. The van der Waals surface area contributed by atoms with E-state index >= 15 is 0 Å². The first-order chi connectivity index (χ1) is 17.6. The smallest absolute Gasteiger partial charge is 0.243 e. The molecule has 37 heavy (non-hydrogen) atoms. The number of aryl methyl sites for hydroxylation is 1. The zero-order chi connectivity index (χ0) is 26.7. The quantitative estimate of drug-likeness (QED) is 0.427. The van der Waals surface area contributed by atoms with Gasteiger partial charge in [-0.2, -0.15) is 4.31 Å². The third kappa shape index (κ3) is 5.84. The van der Waals surface area contributed by atoms with Crippen molar-refractivity contribution in [3.63, 3.8) is 0 Å². The molecule has 1 fully saturated rings. The van der Waals surface area contributed by atoms with Gasteiger partial charge >= 0.3 is 0 Å². The number of sulfonamides is 1. The van der Waals surface area contributed by atoms with Gasteiger partial charge in [-0.1, -0.05) is 12.1 Å². The van der Waals surface area contributed by atoms with Crippen molar-refractivity contribution in [1.29, 1.82) is 0 Å². The van der Waals surface area contributed by atoms with Crippen LogP contribution in [0.5, 0.6) is 0 Å². The second-order valence-corrected chi connectivity index (χ2v) is 12.1. The Bertz CT molecular complexity index is 1360. The van der Waals surface area contributed by atoms with Crippen molar-refractivity contribution in [1.82, 2.24) is 14.2 Å². The van der Waals surface area contributed by atoms with Gasteiger partial charge in [-0.3, -0.25) is 4.79 Å². The lowest BCUT2D eigenvalue weighted by Gasteiger charge is -2.28. The molecule has 0 radical (unpaired) electrons. The summed E-state index contributed by atoms with van der Waals surface area (Å²) in [6.07, 6.45) is 2.23. The third-order valence-electron chi connectivity index (χ3n) is 7.03. The molecule has 1 aromatic heterocycles. The highest BCUT2D eigenvalue weighted by Crippen LogP contribution is 2.36. The van der Waals surface area contributed by atoms with Gasteiger partial charge < -0.3 is 19.5 Å². The number of nitrogens with zero attached hydrogens (tertiary/aromatic N) is 3. The number of rotatable bonds is 10. The molecular weight excluding hydrogens is 488 g/mol. The molecule has 4 rings (SSSR count). The van der Waals surface area contributed by atoms with Crippen molar-refractivity contribution in [3.8, 4) is 11.3 Å². The number of carbonyl (C=O) groups is 1. The molecule has 0 saturated carbocycles. The van der Waals surface area contributed by atoms with E-state index in [1.807, 2.05) is 19.9 Å². The van der Waals surface area contributed by atoms with Crippen molar-refractivity contribution >= 4 is 32.5 Å². The summed E-state index contributed by atoms with van der Waals surface area (Å²) in [6.45, 7) is 8.33. The first-order valence-corrected chi connectivity index (χ1v) is 14.3. The van der Waals surface area contributed by atoms with Crippen LogP contribution in [-0.2, 0) is 19.6 Å². The first-order valence-electron chi connectivity index (χ1n) is 12.9. The van der Waals surface area contributed by atoms with Gasteiger partial charge in [0.1, 0.15) is 0 Å². The standard InChI is InChI=1S/C28H38N4O4S/c1-20(2)32(14-15-36-5)28(33)19-30(4)37(34,35)23-10-11-27(31-12-6-7-13-31)24(18-23)26-17-22-9-8-21(3)16-25(22)29-26/h8-11,16-18,20,29H,6-7,12-15,19H2,1-5H3. The van der Waals surface area contributed by atoms with Crippen molar-refractivity contribution in [2.75, 3.05) is 51.8 Å². The van der Waals surface area contributed by atoms with E-state index in [0.717, 1.165) is 63.6 Å². The molecule has 200 valence electrons. The number of carbonyl (C=O) groups excluding carboxylic acids is 1. The summed E-state index contributed by atoms with van der Waals surface area (Å²) in [6, 6.07) is 13.6. The van der Waals surface area contributed by atoms with Gasteiger partial charge in [0.2, 0.25) is 15.9 Å². The second-order valence-electron chi connectivity index (χ2n) is 10.1. The molecule has 1 N–H and O–H groups in total. The summed E-state index contributed by atoms with van der Waals surface area (Å²) in [5.41, 5.74) is 4.92. The fourth-order valence-electron chi connectivity index (χ4n) is 4.92. The lowest BCUT2D eigenvalue weighted by molar-refractivity contribution is -0.133. The summed E-state index contributed by atoms with van der Waals surface area (Å²) < 4.78 is 33.5. The van der Waals surface area contributed by atoms with Crippen LogP contribution >= 0.6 is 0 Å². The third-order valence-corrected chi connectivity index (χ3v) is 8.83. The van der Waals surface area contributed by atoms with Gasteiger partial charge in [0.25, 0.3) is 0 Å². The lowest BCUT2D eigenvalue weighted by Crippen LogP contribution is -2.45. The molecular formula is C28H38N4O4S. The number of amides is 1. The SMILES string of the molecule is COCCN(C(=O)CN(C)S(=O)(=O)c1ccc(N2CCCC2)c(-c2cc3ccc(C)cc3[nH]2)c1)C(C)C. The van der Waals surface area contributed by atoms with Gasteiger partial charge in [-0.25, -0.2) is 8.42 Å². The topological polar surface area (TPSA) is 85.9 Å². The van der Waals surface area contributed by atoms with Gasteiger partial charge in [0.05, 0.1) is 18.0 Å². The number of nitrogens with one attached hydrogen (secondary N) is 1. The highest BCUT2D eigenvalue weighted by atomic mass is 32.2. The molecule has 9 heteroatoms. The second kappa shape index (κ2) is 11.2. The van der Waals surface area contributed by atoms with Crippen LogP contribution in [0.25, 0.3) is 22.2 Å². The number of aromatic amines is 1. The van der Waals surface area contributed by atoms with Crippen molar-refractivity contribution in [3.05, 3.63) is 48.0 Å². The fraction of sp³-hybridized carbons (Fsp3) is 0.464. The van der Waals surface area contributed by atoms with Crippen LogP contribution in [-0.4, -0.2) is 81.5 Å². The van der Waals surface area contributed by atoms with Gasteiger partial charge in [-0.05, 0) is 69.5 Å². The first kappa shape index (κ1) is 27.2. The molecule has 1 aliphatic heterocycles. The predicted octanol–water partition coefficient (Wildman–Crippen LogP) is 4.25. The van der Waals surface area contributed by atoms with Gasteiger partial charge in [-0.15, -0.1) is 0 Å². The Balaban J connectivity index is 1.68. The maximum absolute atomic E-state index is 13.6. The van der Waals surface area contributed by atoms with Crippen LogP contribution in [0, 0.1) is 6.92 Å². The molecule has 0 unspecified atom stereocenters. The largest absolute Gasteiger partial charge is 0.383 e. The minimum absolute atomic E-state index is 0.0595. The number of hydrogen-bond acceptors (Lipinski definition) is 5. The average molecular weight is 527 g/mol. The zero-order valence-electron chi connectivity index (χ0n) is 22.5. The Labute approximate surface area is 220 Å². The van der Waals surface area contributed by atoms with E-state index in [4.69, 9.17) is 4.74 Å². The van der Waals surface area contributed by atoms with E-state index in [2.05, 4.69) is 41.1 Å². The molecule has 0 spiro atoms. The molecule has 1 amide bonds. The van der Waals surface area contributed by atoms with E-state index in [1.54, 1.807) is 24.1 Å². The Morgan fingerprint density at radius 2 is 1.84 bits per heavy atom. The average Bonchev–Trinajstić information content (AvgIpc) is 3.53. The van der Waals surface area contributed by atoms with Crippen LogP contribution in [0.3, 0.4) is 0 Å². The minimum atomic E-state index is -3.90. The van der Waals surface area contributed by atoms with E-state index < -0.39 is 10.0 Å². The Kier molecular flexibility index (Phi) is 8.26. The van der Waals surface area contributed by atoms with Gasteiger partial charge in [0.15, 0.2) is 0 Å². The van der Waals surface area contributed by atoms with Crippen molar-refractivity contribution < 1.29 is 17.9 Å². The number of aromatic nitrogens is 1. The summed E-state index contributed by atoms with van der Waals surface area (Å²) in [4.78, 5) is 20.6. The number of hydrogen-bond donors (Lipinski definition) is 1. The van der Waals surface area contributed by atoms with Crippen LogP contribution in [0.1, 0.15) is 32.3 Å². The zero-order valence-corrected chi connectivity index (χ0v) is 23.3. The van der Waals surface area contributed by atoms with Crippen LogP contribution in [0.15, 0.2) is 47.4 Å². The summed E-state index contributed by atoms with van der Waals surface area (Å²) in [5, 5.41) is 1.08. The molecule has 2 heterocycles. The number of H-pyrrole nitrogens is 1. The molecule has 8 nitrogen and oxygen atoms in total. The maximum atomic E-state index is 13.6. The highest BCUT2D eigenvalue weighted by molar-refractivity contribution is 7.89. The number of anilines is 1. The number of likely N-dealkylation sites (N-methyl/N-ethyl adjacent to an activating group) is 1. The van der Waals surface area contributed by atoms with Crippen LogP contribution in [0.4, 0.5) is 5.69 Å². The fourth-order valence-corrected chi connectivity index (χ4v) is 6.06. The van der Waals surface area contributed by atoms with E-state index in [-0.39, 0.29) is 23.4 Å². The maximum Gasteiger partial charge on any atom is 0.243 e. The number of fused-ring (bicyclic) bond motifs is 1. The van der Waals surface area contributed by atoms with Gasteiger partial charge in [0, 0.05) is 67.7 Å². The molecule has 1 saturated heterocycles. The Morgan fingerprint density at radius 3 is 2.51 bits per heavy atom. The molecule has 0 aliphatic carbocycles. The van der Waals surface area contributed by atoms with E-state index in [1.165, 1.54) is 7.05 Å². The number of ether oxygens (including phenoxy) is 1. The molecule has 1 aliphatic rings. The molecule has 3 aromatic rings. The number of methoxy groups -OCH3 is 1. The summed E-state index contributed by atoms with van der Waals surface area (Å²) in [7, 11) is -0.858.